The van der Waals surface area contributed by atoms with E-state index < -0.39 is 5.97 Å². The highest BCUT2D eigenvalue weighted by atomic mass is 32.1. The number of rotatable bonds is 5. The highest BCUT2D eigenvalue weighted by Crippen LogP contribution is 2.37. The number of carboxylic acids is 1. The van der Waals surface area contributed by atoms with Gasteiger partial charge in [-0.25, -0.2) is 14.8 Å². The zero-order valence-electron chi connectivity index (χ0n) is 14.2. The Morgan fingerprint density at radius 2 is 1.96 bits per heavy atom. The summed E-state index contributed by atoms with van der Waals surface area (Å²) in [5.74, 6) is 1.41. The molecular formula is C17H17N3O4S. The Morgan fingerprint density at radius 1 is 1.20 bits per heavy atom. The molecular weight excluding hydrogens is 342 g/mol. The summed E-state index contributed by atoms with van der Waals surface area (Å²) in [6.45, 7) is 3.53. The smallest absolute Gasteiger partial charge is 0.346 e. The number of hydrogen-bond donors (Lipinski definition) is 2. The van der Waals surface area contributed by atoms with Gasteiger partial charge in [-0.2, -0.15) is 0 Å². The number of hydrogen-bond acceptors (Lipinski definition) is 7. The van der Waals surface area contributed by atoms with Crippen LogP contribution in [0, 0.1) is 13.8 Å². The third-order valence-corrected chi connectivity index (χ3v) is 4.93. The summed E-state index contributed by atoms with van der Waals surface area (Å²) in [7, 11) is 3.16. The maximum atomic E-state index is 11.4. The van der Waals surface area contributed by atoms with E-state index in [2.05, 4.69) is 15.3 Å². The van der Waals surface area contributed by atoms with Crippen LogP contribution in [-0.2, 0) is 0 Å². The lowest BCUT2D eigenvalue weighted by Crippen LogP contribution is -2.01. The molecule has 2 aromatic heterocycles. The number of carboxylic acid groups (broad SMARTS) is 1. The maximum Gasteiger partial charge on any atom is 0.346 e. The van der Waals surface area contributed by atoms with E-state index in [1.165, 1.54) is 0 Å². The number of thiophene rings is 1. The second kappa shape index (κ2) is 6.56. The molecule has 0 unspecified atom stereocenters. The van der Waals surface area contributed by atoms with Gasteiger partial charge in [0, 0.05) is 6.07 Å². The minimum Gasteiger partial charge on any atom is -0.497 e. The number of fused-ring (bicyclic) bond motifs is 1. The fraction of sp³-hybridized carbons (Fsp3) is 0.235. The predicted molar refractivity (Wildman–Crippen MR) is 96.7 cm³/mol. The molecule has 0 aliphatic carbocycles. The molecule has 130 valence electrons. The Kier molecular flexibility index (Phi) is 4.45. The van der Waals surface area contributed by atoms with Crippen LogP contribution in [0.15, 0.2) is 18.2 Å². The lowest BCUT2D eigenvalue weighted by atomic mass is 10.2. The molecule has 0 spiro atoms. The van der Waals surface area contributed by atoms with Crippen molar-refractivity contribution in [3.05, 3.63) is 34.5 Å². The number of anilines is 2. The topological polar surface area (TPSA) is 93.6 Å². The van der Waals surface area contributed by atoms with Gasteiger partial charge in [0.25, 0.3) is 0 Å². The van der Waals surface area contributed by atoms with Crippen LogP contribution < -0.4 is 14.8 Å². The molecule has 0 saturated carbocycles. The van der Waals surface area contributed by atoms with Gasteiger partial charge in [-0.3, -0.25) is 0 Å². The van der Waals surface area contributed by atoms with E-state index in [1.54, 1.807) is 46.3 Å². The largest absolute Gasteiger partial charge is 0.497 e. The molecule has 3 aromatic rings. The van der Waals surface area contributed by atoms with E-state index in [-0.39, 0.29) is 4.88 Å². The Labute approximate surface area is 148 Å². The number of ether oxygens (including phenoxy) is 2. The zero-order valence-corrected chi connectivity index (χ0v) is 15.0. The molecule has 0 aliphatic heterocycles. The lowest BCUT2D eigenvalue weighted by Gasteiger charge is -2.13. The number of aromatic carboxylic acids is 1. The second-order valence-corrected chi connectivity index (χ2v) is 6.35. The maximum absolute atomic E-state index is 11.4. The third-order valence-electron chi connectivity index (χ3n) is 3.76. The molecule has 0 radical (unpaired) electrons. The van der Waals surface area contributed by atoms with E-state index in [4.69, 9.17) is 9.47 Å². The summed E-state index contributed by atoms with van der Waals surface area (Å²) in [5.41, 5.74) is 1.31. The van der Waals surface area contributed by atoms with Crippen molar-refractivity contribution in [3.8, 4) is 11.5 Å². The van der Waals surface area contributed by atoms with Crippen molar-refractivity contribution in [1.29, 1.82) is 0 Å². The summed E-state index contributed by atoms with van der Waals surface area (Å²) in [6.07, 6.45) is 0. The number of nitrogens with zero attached hydrogens (tertiary/aromatic N) is 2. The molecule has 25 heavy (non-hydrogen) atoms. The van der Waals surface area contributed by atoms with Crippen LogP contribution in [0.5, 0.6) is 11.5 Å². The van der Waals surface area contributed by atoms with Gasteiger partial charge in [-0.15, -0.1) is 11.3 Å². The number of methoxy groups -OCH3 is 2. The van der Waals surface area contributed by atoms with Gasteiger partial charge in [0.2, 0.25) is 0 Å². The monoisotopic (exact) mass is 359 g/mol. The number of benzene rings is 1. The van der Waals surface area contributed by atoms with Crippen LogP contribution in [-0.4, -0.2) is 35.3 Å². The number of nitrogens with one attached hydrogen (secondary N) is 1. The molecule has 2 N–H and O–H groups in total. The van der Waals surface area contributed by atoms with E-state index in [0.717, 1.165) is 11.3 Å². The predicted octanol–water partition coefficient (Wildman–Crippen LogP) is 3.77. The van der Waals surface area contributed by atoms with Crippen molar-refractivity contribution in [2.24, 2.45) is 0 Å². The molecule has 0 amide bonds. The average Bonchev–Trinajstić information content (AvgIpc) is 2.91. The van der Waals surface area contributed by atoms with Gasteiger partial charge in [0.05, 0.1) is 25.3 Å². The molecule has 0 aliphatic rings. The molecule has 0 saturated heterocycles. The fourth-order valence-electron chi connectivity index (χ4n) is 2.58. The highest BCUT2D eigenvalue weighted by molar-refractivity contribution is 7.20. The van der Waals surface area contributed by atoms with Crippen molar-refractivity contribution in [3.63, 3.8) is 0 Å². The van der Waals surface area contributed by atoms with Crippen LogP contribution >= 0.6 is 11.3 Å². The van der Waals surface area contributed by atoms with E-state index >= 15 is 0 Å². The Hall–Kier alpha value is -2.87. The van der Waals surface area contributed by atoms with E-state index in [1.807, 2.05) is 0 Å². The molecule has 0 bridgehead atoms. The minimum absolute atomic E-state index is 0.260. The molecule has 7 nitrogen and oxygen atoms in total. The van der Waals surface area contributed by atoms with Gasteiger partial charge in [0.15, 0.2) is 0 Å². The molecule has 0 atom stereocenters. The molecule has 3 rings (SSSR count). The Bertz CT molecular complexity index is 968. The Balaban J connectivity index is 2.18. The normalized spacial score (nSPS) is 10.7. The standard InChI is InChI=1S/C17H17N3O4S/c1-8-13-15(18-9(2)19-16(13)25-14(8)17(21)22)20-11-7-10(23-3)5-6-12(11)24-4/h5-7H,1-4H3,(H,21,22)(H,18,19,20). The summed E-state index contributed by atoms with van der Waals surface area (Å²) in [5, 5.41) is 13.3. The van der Waals surface area contributed by atoms with Crippen LogP contribution in [0.25, 0.3) is 10.2 Å². The van der Waals surface area contributed by atoms with Crippen LogP contribution in [0.1, 0.15) is 21.1 Å². The van der Waals surface area contributed by atoms with Gasteiger partial charge >= 0.3 is 5.97 Å². The first-order chi connectivity index (χ1) is 11.9. The van der Waals surface area contributed by atoms with Crippen LogP contribution in [0.4, 0.5) is 11.5 Å². The zero-order chi connectivity index (χ0) is 18.1. The van der Waals surface area contributed by atoms with Crippen molar-refractivity contribution >= 4 is 39.0 Å². The number of aromatic nitrogens is 2. The summed E-state index contributed by atoms with van der Waals surface area (Å²) in [4.78, 5) is 21.1. The average molecular weight is 359 g/mol. The van der Waals surface area contributed by atoms with Crippen molar-refractivity contribution < 1.29 is 19.4 Å². The molecule has 8 heteroatoms. The van der Waals surface area contributed by atoms with E-state index in [0.29, 0.717) is 44.6 Å². The first kappa shape index (κ1) is 17.0. The van der Waals surface area contributed by atoms with E-state index in [9.17, 15) is 9.90 Å². The molecule has 1 aromatic carbocycles. The first-order valence-electron chi connectivity index (χ1n) is 7.44. The second-order valence-electron chi connectivity index (χ2n) is 5.35. The summed E-state index contributed by atoms with van der Waals surface area (Å²) in [6, 6.07) is 5.38. The molecule has 2 heterocycles. The van der Waals surface area contributed by atoms with Crippen molar-refractivity contribution in [1.82, 2.24) is 9.97 Å². The minimum atomic E-state index is -0.969. The lowest BCUT2D eigenvalue weighted by molar-refractivity contribution is 0.0701. The fourth-order valence-corrected chi connectivity index (χ4v) is 3.64. The quantitative estimate of drug-likeness (QED) is 0.716. The summed E-state index contributed by atoms with van der Waals surface area (Å²) < 4.78 is 10.6. The first-order valence-corrected chi connectivity index (χ1v) is 8.26. The van der Waals surface area contributed by atoms with Gasteiger partial charge < -0.3 is 19.9 Å². The van der Waals surface area contributed by atoms with Gasteiger partial charge in [-0.05, 0) is 31.5 Å². The van der Waals surface area contributed by atoms with Crippen molar-refractivity contribution in [2.75, 3.05) is 19.5 Å². The molecule has 0 fully saturated rings. The number of aryl methyl sites for hydroxylation is 2. The number of carbonyl (C=O) groups is 1. The van der Waals surface area contributed by atoms with Crippen molar-refractivity contribution in [2.45, 2.75) is 13.8 Å². The van der Waals surface area contributed by atoms with Gasteiger partial charge in [-0.1, -0.05) is 0 Å². The van der Waals surface area contributed by atoms with Gasteiger partial charge in [0.1, 0.15) is 32.8 Å². The third kappa shape index (κ3) is 3.08. The van der Waals surface area contributed by atoms with Crippen LogP contribution in [0.3, 0.4) is 0 Å². The van der Waals surface area contributed by atoms with Crippen LogP contribution in [0.2, 0.25) is 0 Å². The Morgan fingerprint density at radius 3 is 2.60 bits per heavy atom. The highest BCUT2D eigenvalue weighted by Gasteiger charge is 2.20. The SMILES string of the molecule is COc1ccc(OC)c(Nc2nc(C)nc3sc(C(=O)O)c(C)c23)c1. The summed E-state index contributed by atoms with van der Waals surface area (Å²) >= 11 is 1.14.